The summed E-state index contributed by atoms with van der Waals surface area (Å²) >= 11 is 3.56. The molecule has 3 aromatic rings. The van der Waals surface area contributed by atoms with Gasteiger partial charge in [0.05, 0.1) is 5.56 Å². The third-order valence-corrected chi connectivity index (χ3v) is 6.91. The van der Waals surface area contributed by atoms with Gasteiger partial charge in [-0.1, -0.05) is 41.8 Å². The summed E-state index contributed by atoms with van der Waals surface area (Å²) in [7, 11) is 0. The van der Waals surface area contributed by atoms with Crippen LogP contribution >= 0.6 is 15.9 Å². The highest BCUT2D eigenvalue weighted by molar-refractivity contribution is 9.10. The monoisotopic (exact) mass is 469 g/mol. The summed E-state index contributed by atoms with van der Waals surface area (Å²) in [6.07, 6.45) is 5.10. The quantitative estimate of drug-likeness (QED) is 0.483. The normalized spacial score (nSPS) is 17.1. The molecule has 2 aromatic carbocycles. The Bertz CT molecular complexity index is 1080. The molecule has 1 fully saturated rings. The topological polar surface area (TPSA) is 72.4 Å². The standard InChI is InChI=1S/C24H28BrN3O2/c1-3-4-6-16-9-10-28(13-16)14-17-11-19(23(26)29)22-21(12-17)27-24(30-22)18-7-5-8-20(25)15(18)2/h5,7-8,11-12,16H,3-4,6,9-10,13-14H2,1-2H3,(H2,26,29)/t16-/m1/s1. The lowest BCUT2D eigenvalue weighted by molar-refractivity contribution is 0.100. The molecule has 0 aliphatic carbocycles. The molecule has 4 rings (SSSR count). The molecule has 1 atom stereocenters. The molecule has 1 aliphatic rings. The predicted octanol–water partition coefficient (Wildman–Crippen LogP) is 5.68. The van der Waals surface area contributed by atoms with E-state index in [9.17, 15) is 4.79 Å². The first-order chi connectivity index (χ1) is 14.5. The number of primary amides is 1. The number of nitrogens with two attached hydrogens (primary N) is 1. The van der Waals surface area contributed by atoms with E-state index >= 15 is 0 Å². The summed E-state index contributed by atoms with van der Waals surface area (Å²) in [6.45, 7) is 7.27. The molecule has 0 spiro atoms. The van der Waals surface area contributed by atoms with E-state index < -0.39 is 5.91 Å². The molecule has 1 amide bonds. The van der Waals surface area contributed by atoms with E-state index in [1.54, 1.807) is 0 Å². The van der Waals surface area contributed by atoms with Crippen LogP contribution in [0.5, 0.6) is 0 Å². The van der Waals surface area contributed by atoms with Crippen LogP contribution in [-0.4, -0.2) is 28.9 Å². The number of rotatable bonds is 7. The second-order valence-corrected chi connectivity index (χ2v) is 9.17. The van der Waals surface area contributed by atoms with E-state index in [1.807, 2.05) is 37.3 Å². The van der Waals surface area contributed by atoms with Gasteiger partial charge in [0, 0.05) is 23.1 Å². The lowest BCUT2D eigenvalue weighted by atomic mass is 10.0. The third-order valence-electron chi connectivity index (χ3n) is 6.06. The van der Waals surface area contributed by atoms with Crippen molar-refractivity contribution in [2.45, 2.75) is 46.1 Å². The van der Waals surface area contributed by atoms with Crippen LogP contribution in [0.15, 0.2) is 39.2 Å². The zero-order valence-electron chi connectivity index (χ0n) is 17.6. The molecule has 0 radical (unpaired) electrons. The van der Waals surface area contributed by atoms with Gasteiger partial charge in [0.15, 0.2) is 5.58 Å². The van der Waals surface area contributed by atoms with Crippen LogP contribution in [-0.2, 0) is 6.54 Å². The lowest BCUT2D eigenvalue weighted by Crippen LogP contribution is -2.20. The number of amides is 1. The molecular formula is C24H28BrN3O2. The molecule has 5 nitrogen and oxygen atoms in total. The first-order valence-electron chi connectivity index (χ1n) is 10.7. The number of carbonyl (C=O) groups is 1. The maximum atomic E-state index is 12.2. The van der Waals surface area contributed by atoms with Crippen molar-refractivity contribution in [2.75, 3.05) is 13.1 Å². The molecule has 6 heteroatoms. The Hall–Kier alpha value is -2.18. The van der Waals surface area contributed by atoms with Crippen molar-refractivity contribution in [3.8, 4) is 11.5 Å². The fourth-order valence-electron chi connectivity index (χ4n) is 4.36. The molecule has 2 N–H and O–H groups in total. The molecule has 1 aliphatic heterocycles. The summed E-state index contributed by atoms with van der Waals surface area (Å²) in [6, 6.07) is 9.80. The highest BCUT2D eigenvalue weighted by Crippen LogP contribution is 2.33. The van der Waals surface area contributed by atoms with E-state index in [0.29, 0.717) is 22.6 Å². The largest absolute Gasteiger partial charge is 0.435 e. The number of carbonyl (C=O) groups excluding carboxylic acids is 1. The Kier molecular flexibility index (Phi) is 6.25. The number of oxazole rings is 1. The molecule has 0 bridgehead atoms. The summed E-state index contributed by atoms with van der Waals surface area (Å²) in [5, 5.41) is 0. The minimum absolute atomic E-state index is 0.399. The second-order valence-electron chi connectivity index (χ2n) is 8.32. The second kappa shape index (κ2) is 8.90. The Labute approximate surface area is 185 Å². The van der Waals surface area contributed by atoms with Crippen LogP contribution in [0.2, 0.25) is 0 Å². The van der Waals surface area contributed by atoms with Gasteiger partial charge in [-0.05, 0) is 67.6 Å². The van der Waals surface area contributed by atoms with Gasteiger partial charge in [-0.15, -0.1) is 0 Å². The molecule has 1 aromatic heterocycles. The van der Waals surface area contributed by atoms with Crippen molar-refractivity contribution in [3.63, 3.8) is 0 Å². The van der Waals surface area contributed by atoms with Crippen molar-refractivity contribution in [1.29, 1.82) is 0 Å². The lowest BCUT2D eigenvalue weighted by Gasteiger charge is -2.16. The fourth-order valence-corrected chi connectivity index (χ4v) is 4.73. The number of unbranched alkanes of at least 4 members (excludes halogenated alkanes) is 1. The number of likely N-dealkylation sites (tertiary alicyclic amines) is 1. The van der Waals surface area contributed by atoms with Crippen LogP contribution in [0.3, 0.4) is 0 Å². The Morgan fingerprint density at radius 3 is 2.97 bits per heavy atom. The Balaban J connectivity index is 1.64. The molecule has 0 unspecified atom stereocenters. The summed E-state index contributed by atoms with van der Waals surface area (Å²) in [4.78, 5) is 19.3. The average Bonchev–Trinajstić information content (AvgIpc) is 3.34. The Morgan fingerprint density at radius 1 is 1.37 bits per heavy atom. The van der Waals surface area contributed by atoms with Gasteiger partial charge < -0.3 is 10.2 Å². The number of benzene rings is 2. The minimum atomic E-state index is -0.488. The molecular weight excluding hydrogens is 442 g/mol. The molecule has 1 saturated heterocycles. The zero-order chi connectivity index (χ0) is 21.3. The van der Waals surface area contributed by atoms with E-state index in [-0.39, 0.29) is 0 Å². The maximum Gasteiger partial charge on any atom is 0.252 e. The minimum Gasteiger partial charge on any atom is -0.435 e. The fraction of sp³-hybridized carbons (Fsp3) is 0.417. The van der Waals surface area contributed by atoms with E-state index in [1.165, 1.54) is 25.7 Å². The number of hydrogen-bond acceptors (Lipinski definition) is 4. The van der Waals surface area contributed by atoms with Gasteiger partial charge in [-0.2, -0.15) is 0 Å². The zero-order valence-corrected chi connectivity index (χ0v) is 19.2. The predicted molar refractivity (Wildman–Crippen MR) is 123 cm³/mol. The molecule has 30 heavy (non-hydrogen) atoms. The van der Waals surface area contributed by atoms with Gasteiger partial charge in [0.1, 0.15) is 5.52 Å². The molecule has 158 valence electrons. The van der Waals surface area contributed by atoms with Crippen molar-refractivity contribution < 1.29 is 9.21 Å². The average molecular weight is 470 g/mol. The Morgan fingerprint density at radius 2 is 2.20 bits per heavy atom. The highest BCUT2D eigenvalue weighted by atomic mass is 79.9. The van der Waals surface area contributed by atoms with Crippen LogP contribution in [0, 0.1) is 12.8 Å². The summed E-state index contributed by atoms with van der Waals surface area (Å²) in [5.74, 6) is 0.796. The van der Waals surface area contributed by atoms with Crippen LogP contribution in [0.1, 0.15) is 54.1 Å². The van der Waals surface area contributed by atoms with Gasteiger partial charge >= 0.3 is 0 Å². The van der Waals surface area contributed by atoms with Gasteiger partial charge in [-0.25, -0.2) is 4.98 Å². The first kappa shape index (κ1) is 21.1. The van der Waals surface area contributed by atoms with Crippen LogP contribution in [0.4, 0.5) is 0 Å². The molecule has 0 saturated carbocycles. The summed E-state index contributed by atoms with van der Waals surface area (Å²) < 4.78 is 7.01. The summed E-state index contributed by atoms with van der Waals surface area (Å²) in [5.41, 5.74) is 10.2. The van der Waals surface area contributed by atoms with Crippen molar-refractivity contribution in [1.82, 2.24) is 9.88 Å². The van der Waals surface area contributed by atoms with Crippen LogP contribution in [0.25, 0.3) is 22.6 Å². The van der Waals surface area contributed by atoms with Gasteiger partial charge in [-0.3, -0.25) is 9.69 Å². The smallest absolute Gasteiger partial charge is 0.252 e. The first-order valence-corrected chi connectivity index (χ1v) is 11.5. The number of nitrogens with zero attached hydrogens (tertiary/aromatic N) is 2. The number of fused-ring (bicyclic) bond motifs is 1. The van der Waals surface area contributed by atoms with E-state index in [4.69, 9.17) is 15.1 Å². The number of aromatic nitrogens is 1. The van der Waals surface area contributed by atoms with E-state index in [2.05, 4.69) is 27.8 Å². The SMILES string of the molecule is CCCC[C@@H]1CCN(Cc2cc(C(N)=O)c3oc(-c4cccc(Br)c4C)nc3c2)C1. The van der Waals surface area contributed by atoms with Crippen molar-refractivity contribution >= 4 is 32.9 Å². The number of hydrogen-bond donors (Lipinski definition) is 1. The highest BCUT2D eigenvalue weighted by Gasteiger charge is 2.23. The van der Waals surface area contributed by atoms with Gasteiger partial charge in [0.25, 0.3) is 5.91 Å². The maximum absolute atomic E-state index is 12.2. The van der Waals surface area contributed by atoms with Crippen molar-refractivity contribution in [2.24, 2.45) is 11.7 Å². The van der Waals surface area contributed by atoms with E-state index in [0.717, 1.165) is 46.7 Å². The molecule has 2 heterocycles. The van der Waals surface area contributed by atoms with Gasteiger partial charge in [0.2, 0.25) is 5.89 Å². The van der Waals surface area contributed by atoms with Crippen molar-refractivity contribution in [3.05, 3.63) is 51.5 Å². The third kappa shape index (κ3) is 4.30. The number of halogens is 1. The van der Waals surface area contributed by atoms with Crippen LogP contribution < -0.4 is 5.73 Å².